The van der Waals surface area contributed by atoms with Gasteiger partial charge in [0.1, 0.15) is 11.8 Å². The fourth-order valence-electron chi connectivity index (χ4n) is 3.25. The lowest BCUT2D eigenvalue weighted by atomic mass is 10.1. The summed E-state index contributed by atoms with van der Waals surface area (Å²) >= 11 is 0. The molecular weight excluding hydrogens is 306 g/mol. The average molecular weight is 328 g/mol. The molecule has 2 heterocycles. The van der Waals surface area contributed by atoms with Gasteiger partial charge >= 0.3 is 6.09 Å². The number of carbonyl (C=O) groups excluding carboxylic acids is 1. The van der Waals surface area contributed by atoms with Gasteiger partial charge in [0.15, 0.2) is 12.2 Å². The van der Waals surface area contributed by atoms with Gasteiger partial charge in [0.25, 0.3) is 0 Å². The van der Waals surface area contributed by atoms with Crippen molar-refractivity contribution in [1.29, 1.82) is 5.26 Å². The Morgan fingerprint density at radius 2 is 2.21 bits per heavy atom. The summed E-state index contributed by atoms with van der Waals surface area (Å²) in [5.74, 6) is 0. The Balaban J connectivity index is 1.68. The van der Waals surface area contributed by atoms with E-state index >= 15 is 0 Å². The Hall–Kier alpha value is -2.43. The molecule has 0 bridgehead atoms. The summed E-state index contributed by atoms with van der Waals surface area (Å²) < 4.78 is 5.30. The molecule has 1 unspecified atom stereocenters. The second-order valence-electron chi connectivity index (χ2n) is 6.01. The van der Waals surface area contributed by atoms with Crippen molar-refractivity contribution in [3.05, 3.63) is 24.3 Å². The lowest BCUT2D eigenvalue weighted by Crippen LogP contribution is -2.63. The molecule has 2 aliphatic rings. The molecule has 1 aromatic carbocycles. The molecule has 1 fully saturated rings. The minimum absolute atomic E-state index is 0.210. The van der Waals surface area contributed by atoms with Gasteiger partial charge in [-0.3, -0.25) is 0 Å². The van der Waals surface area contributed by atoms with Crippen LogP contribution in [0.4, 0.5) is 16.2 Å². The fourth-order valence-corrected chi connectivity index (χ4v) is 3.25. The fraction of sp³-hybridized carbons (Fsp3) is 0.471. The summed E-state index contributed by atoms with van der Waals surface area (Å²) in [6.07, 6.45) is 3.19. The van der Waals surface area contributed by atoms with Gasteiger partial charge in [0.05, 0.1) is 12.6 Å². The molecule has 1 amide bonds. The van der Waals surface area contributed by atoms with Crippen LogP contribution >= 0.6 is 0 Å². The molecule has 126 valence electrons. The molecule has 3 rings (SSSR count). The number of benzene rings is 1. The number of ether oxygens (including phenoxy) is 1. The van der Waals surface area contributed by atoms with E-state index in [1.807, 2.05) is 31.2 Å². The number of nitrogens with one attached hydrogen (secondary N) is 1. The van der Waals surface area contributed by atoms with Crippen LogP contribution < -0.4 is 10.0 Å². The molecule has 1 N–H and O–H groups in total. The van der Waals surface area contributed by atoms with Gasteiger partial charge in [0, 0.05) is 19.2 Å². The number of hydrogen-bond donors (Lipinski definition) is 1. The van der Waals surface area contributed by atoms with Crippen LogP contribution in [0.1, 0.15) is 19.8 Å². The number of para-hydroxylation sites is 2. The van der Waals surface area contributed by atoms with Crippen molar-refractivity contribution < 1.29 is 9.53 Å². The van der Waals surface area contributed by atoms with Crippen molar-refractivity contribution in [3.63, 3.8) is 0 Å². The summed E-state index contributed by atoms with van der Waals surface area (Å²) in [7, 11) is 0. The van der Waals surface area contributed by atoms with Gasteiger partial charge in [0.2, 0.25) is 6.34 Å². The first-order chi connectivity index (χ1) is 11.7. The number of rotatable bonds is 4. The maximum Gasteiger partial charge on any atom is 0.409 e. The van der Waals surface area contributed by atoms with Crippen LogP contribution in [-0.2, 0) is 4.74 Å². The lowest BCUT2D eigenvalue weighted by Gasteiger charge is -2.36. The van der Waals surface area contributed by atoms with Crippen LogP contribution in [-0.4, -0.2) is 49.6 Å². The number of fused-ring (bicyclic) bond motifs is 1. The van der Waals surface area contributed by atoms with Gasteiger partial charge in [-0.1, -0.05) is 12.1 Å². The van der Waals surface area contributed by atoms with Crippen LogP contribution in [0.5, 0.6) is 0 Å². The first-order valence-electron chi connectivity index (χ1n) is 8.27. The SMILES string of the molecule is CCOC(=O)N1CCC(N[N+]2(CC#N)C=Nc3ccccc32)CC1. The number of nitrogens with zero attached hydrogens (tertiary/aromatic N) is 4. The summed E-state index contributed by atoms with van der Waals surface area (Å²) in [6, 6.07) is 10.3. The molecule has 0 aromatic heterocycles. The Bertz CT molecular complexity index is 676. The predicted molar refractivity (Wildman–Crippen MR) is 91.6 cm³/mol. The second kappa shape index (κ2) is 6.99. The molecule has 0 saturated carbocycles. The van der Waals surface area contributed by atoms with Crippen molar-refractivity contribution in [3.8, 4) is 6.07 Å². The summed E-state index contributed by atoms with van der Waals surface area (Å²) in [5.41, 5.74) is 5.45. The van der Waals surface area contributed by atoms with E-state index in [-0.39, 0.29) is 23.3 Å². The van der Waals surface area contributed by atoms with Crippen LogP contribution in [0, 0.1) is 11.3 Å². The number of quaternary nitrogens is 1. The van der Waals surface area contributed by atoms with E-state index in [1.54, 1.807) is 11.2 Å². The normalized spacial score (nSPS) is 22.9. The first kappa shape index (κ1) is 16.4. The third-order valence-electron chi connectivity index (χ3n) is 4.46. The Kier molecular flexibility index (Phi) is 4.79. The topological polar surface area (TPSA) is 77.7 Å². The highest BCUT2D eigenvalue weighted by Gasteiger charge is 2.39. The molecule has 2 aliphatic heterocycles. The van der Waals surface area contributed by atoms with Crippen molar-refractivity contribution >= 4 is 23.8 Å². The zero-order valence-corrected chi connectivity index (χ0v) is 13.8. The van der Waals surface area contributed by atoms with E-state index < -0.39 is 0 Å². The van der Waals surface area contributed by atoms with E-state index in [0.717, 1.165) is 24.2 Å². The van der Waals surface area contributed by atoms with Gasteiger partial charge in [-0.2, -0.15) is 20.3 Å². The molecule has 7 heteroatoms. The van der Waals surface area contributed by atoms with E-state index in [9.17, 15) is 10.1 Å². The van der Waals surface area contributed by atoms with Crippen LogP contribution in [0.3, 0.4) is 0 Å². The number of carbonyl (C=O) groups is 1. The van der Waals surface area contributed by atoms with Crippen molar-refractivity contribution in [2.75, 3.05) is 26.2 Å². The highest BCUT2D eigenvalue weighted by molar-refractivity contribution is 5.88. The predicted octanol–water partition coefficient (Wildman–Crippen LogP) is 2.32. The molecule has 0 aliphatic carbocycles. The molecule has 7 nitrogen and oxygen atoms in total. The van der Waals surface area contributed by atoms with Crippen LogP contribution in [0.25, 0.3) is 0 Å². The molecule has 1 atom stereocenters. The van der Waals surface area contributed by atoms with E-state index in [4.69, 9.17) is 4.74 Å². The maximum absolute atomic E-state index is 11.8. The van der Waals surface area contributed by atoms with Crippen LogP contribution in [0.2, 0.25) is 0 Å². The molecule has 1 aromatic rings. The first-order valence-corrected chi connectivity index (χ1v) is 8.27. The number of piperidine rings is 1. The van der Waals surface area contributed by atoms with E-state index in [1.165, 1.54) is 0 Å². The molecular formula is C17H22N5O2+. The van der Waals surface area contributed by atoms with Crippen molar-refractivity contribution in [2.45, 2.75) is 25.8 Å². The monoisotopic (exact) mass is 328 g/mol. The van der Waals surface area contributed by atoms with Crippen molar-refractivity contribution in [2.24, 2.45) is 4.99 Å². The zero-order chi connectivity index (χ0) is 17.0. The highest BCUT2D eigenvalue weighted by atomic mass is 16.6. The van der Waals surface area contributed by atoms with Crippen molar-refractivity contribution in [1.82, 2.24) is 14.9 Å². The lowest BCUT2D eigenvalue weighted by molar-refractivity contribution is 0.0907. The number of likely N-dealkylation sites (tertiary alicyclic amines) is 1. The van der Waals surface area contributed by atoms with Gasteiger partial charge < -0.3 is 9.64 Å². The largest absolute Gasteiger partial charge is 0.450 e. The number of hydrogen-bond acceptors (Lipinski definition) is 5. The number of aliphatic imine (C=N–C) groups is 1. The highest BCUT2D eigenvalue weighted by Crippen LogP contribution is 2.36. The standard InChI is InChI=1S/C17H22N5O2/c1-2-24-17(23)21-10-7-14(8-11-21)20-22(12-9-18)13-19-15-5-3-4-6-16(15)22/h3-6,13-14,20H,2,7-8,10-12H2,1H3/q+1. The molecule has 24 heavy (non-hydrogen) atoms. The summed E-state index contributed by atoms with van der Waals surface area (Å²) in [4.78, 5) is 18.0. The quantitative estimate of drug-likeness (QED) is 0.679. The third-order valence-corrected chi connectivity index (χ3v) is 4.46. The smallest absolute Gasteiger partial charge is 0.409 e. The summed E-state index contributed by atoms with van der Waals surface area (Å²) in [5, 5.41) is 9.28. The number of nitriles is 1. The minimum atomic E-state index is -0.245. The Labute approximate surface area is 141 Å². The van der Waals surface area contributed by atoms with E-state index in [0.29, 0.717) is 19.7 Å². The average Bonchev–Trinajstić information content (AvgIpc) is 2.95. The maximum atomic E-state index is 11.8. The molecule has 0 radical (unpaired) electrons. The Morgan fingerprint density at radius 1 is 1.46 bits per heavy atom. The minimum Gasteiger partial charge on any atom is -0.450 e. The van der Waals surface area contributed by atoms with E-state index in [2.05, 4.69) is 16.5 Å². The zero-order valence-electron chi connectivity index (χ0n) is 13.8. The summed E-state index contributed by atoms with van der Waals surface area (Å²) in [6.45, 7) is 3.79. The third kappa shape index (κ3) is 3.11. The second-order valence-corrected chi connectivity index (χ2v) is 6.01. The Morgan fingerprint density at radius 3 is 2.92 bits per heavy atom. The molecule has 1 saturated heterocycles. The van der Waals surface area contributed by atoms with Gasteiger partial charge in [-0.25, -0.2) is 4.79 Å². The number of amides is 1. The van der Waals surface area contributed by atoms with Gasteiger partial charge in [-0.05, 0) is 25.8 Å². The van der Waals surface area contributed by atoms with Crippen LogP contribution in [0.15, 0.2) is 29.3 Å². The van der Waals surface area contributed by atoms with Gasteiger partial charge in [-0.15, -0.1) is 0 Å². The molecule has 0 spiro atoms.